The normalized spacial score (nSPS) is 10.0. The van der Waals surface area contributed by atoms with E-state index in [0.29, 0.717) is 0 Å². The van der Waals surface area contributed by atoms with Crippen molar-refractivity contribution in [1.29, 1.82) is 0 Å². The van der Waals surface area contributed by atoms with E-state index >= 15 is 0 Å². The maximum Gasteiger partial charge on any atom is 0.144 e. The summed E-state index contributed by atoms with van der Waals surface area (Å²) in [7, 11) is 3.33. The Hall–Kier alpha value is -1.42. The van der Waals surface area contributed by atoms with Gasteiger partial charge in [0.1, 0.15) is 5.75 Å². The molecular formula is C12H20N2O2. The van der Waals surface area contributed by atoms with Crippen LogP contribution in [-0.4, -0.2) is 27.3 Å². The largest absolute Gasteiger partial charge is 0.495 e. The summed E-state index contributed by atoms with van der Waals surface area (Å²) in [6, 6.07) is 5.97. The van der Waals surface area contributed by atoms with Crippen LogP contribution in [0.2, 0.25) is 0 Å². The summed E-state index contributed by atoms with van der Waals surface area (Å²) < 4.78 is 5.33. The first-order chi connectivity index (χ1) is 7.76. The molecular weight excluding hydrogens is 204 g/mol. The van der Waals surface area contributed by atoms with E-state index in [-0.39, 0.29) is 0 Å². The van der Waals surface area contributed by atoms with Crippen molar-refractivity contribution in [2.24, 2.45) is 0 Å². The fourth-order valence-corrected chi connectivity index (χ4v) is 1.59. The zero-order chi connectivity index (χ0) is 12.0. The third-order valence-electron chi connectivity index (χ3n) is 2.35. The molecule has 0 saturated carbocycles. The lowest BCUT2D eigenvalue weighted by atomic mass is 10.2. The number of ether oxygens (including phenoxy) is 1. The zero-order valence-corrected chi connectivity index (χ0v) is 10.4. The molecule has 90 valence electrons. The Bertz CT molecular complexity index is 325. The molecule has 4 nitrogen and oxygen atoms in total. The number of hydrogen-bond donors (Lipinski definition) is 1. The molecule has 0 atom stereocenters. The van der Waals surface area contributed by atoms with Gasteiger partial charge in [0.25, 0.3) is 0 Å². The van der Waals surface area contributed by atoms with E-state index in [9.17, 15) is 0 Å². The number of hydrogen-bond acceptors (Lipinski definition) is 4. The number of benzene rings is 1. The van der Waals surface area contributed by atoms with Crippen molar-refractivity contribution < 1.29 is 9.57 Å². The van der Waals surface area contributed by atoms with E-state index in [1.807, 2.05) is 25.1 Å². The third kappa shape index (κ3) is 2.79. The van der Waals surface area contributed by atoms with Gasteiger partial charge in [-0.2, -0.15) is 0 Å². The molecule has 0 amide bonds. The molecule has 0 bridgehead atoms. The lowest BCUT2D eigenvalue weighted by Gasteiger charge is -2.21. The van der Waals surface area contributed by atoms with Crippen molar-refractivity contribution in [3.63, 3.8) is 0 Å². The van der Waals surface area contributed by atoms with Gasteiger partial charge < -0.3 is 10.1 Å². The first-order valence-electron chi connectivity index (χ1n) is 5.50. The monoisotopic (exact) mass is 224 g/mol. The standard InChI is InChI=1S/C12H20N2O2/c1-5-13-11-8-7-10(9-12(11)15-3)14(6-2)16-4/h7-9,13H,5-6H2,1-4H3. The van der Waals surface area contributed by atoms with Crippen molar-refractivity contribution in [2.45, 2.75) is 13.8 Å². The van der Waals surface area contributed by atoms with E-state index in [0.717, 1.165) is 30.2 Å². The van der Waals surface area contributed by atoms with Crippen LogP contribution in [0.25, 0.3) is 0 Å². The Balaban J connectivity index is 2.98. The molecule has 0 aromatic heterocycles. The molecule has 1 rings (SSSR count). The molecule has 0 spiro atoms. The van der Waals surface area contributed by atoms with Gasteiger partial charge in [0.15, 0.2) is 0 Å². The van der Waals surface area contributed by atoms with Crippen molar-refractivity contribution in [3.8, 4) is 5.75 Å². The molecule has 1 N–H and O–H groups in total. The minimum absolute atomic E-state index is 0.792. The Kier molecular flexibility index (Phi) is 4.92. The smallest absolute Gasteiger partial charge is 0.144 e. The van der Waals surface area contributed by atoms with Crippen LogP contribution < -0.4 is 15.1 Å². The fourth-order valence-electron chi connectivity index (χ4n) is 1.59. The minimum atomic E-state index is 0.792. The van der Waals surface area contributed by atoms with Gasteiger partial charge in [-0.05, 0) is 26.0 Å². The molecule has 4 heteroatoms. The van der Waals surface area contributed by atoms with Crippen molar-refractivity contribution in [3.05, 3.63) is 18.2 Å². The highest BCUT2D eigenvalue weighted by Gasteiger charge is 2.07. The lowest BCUT2D eigenvalue weighted by molar-refractivity contribution is 0.170. The predicted octanol–water partition coefficient (Wildman–Crippen LogP) is 2.51. The maximum absolute atomic E-state index is 5.33. The molecule has 0 saturated heterocycles. The van der Waals surface area contributed by atoms with Crippen molar-refractivity contribution in [1.82, 2.24) is 0 Å². The third-order valence-corrected chi connectivity index (χ3v) is 2.35. The van der Waals surface area contributed by atoms with Gasteiger partial charge in [0, 0.05) is 19.2 Å². The summed E-state index contributed by atoms with van der Waals surface area (Å²) in [5, 5.41) is 5.05. The van der Waals surface area contributed by atoms with Crippen LogP contribution in [-0.2, 0) is 4.84 Å². The molecule has 0 aliphatic carbocycles. The van der Waals surface area contributed by atoms with Gasteiger partial charge in [0.2, 0.25) is 0 Å². The van der Waals surface area contributed by atoms with Gasteiger partial charge >= 0.3 is 0 Å². The summed E-state index contributed by atoms with van der Waals surface area (Å²) in [6.07, 6.45) is 0. The summed E-state index contributed by atoms with van der Waals surface area (Å²) in [5.74, 6) is 0.829. The van der Waals surface area contributed by atoms with Crippen LogP contribution in [0.15, 0.2) is 18.2 Å². The summed E-state index contributed by atoms with van der Waals surface area (Å²) in [4.78, 5) is 5.24. The average molecular weight is 224 g/mol. The first-order valence-corrected chi connectivity index (χ1v) is 5.50. The van der Waals surface area contributed by atoms with E-state index in [4.69, 9.17) is 9.57 Å². The van der Waals surface area contributed by atoms with Crippen molar-refractivity contribution >= 4 is 11.4 Å². The van der Waals surface area contributed by atoms with Gasteiger partial charge in [-0.15, -0.1) is 0 Å². The molecule has 0 radical (unpaired) electrons. The quantitative estimate of drug-likeness (QED) is 0.753. The number of hydroxylamine groups is 1. The van der Waals surface area contributed by atoms with E-state index in [1.165, 1.54) is 0 Å². The molecule has 1 aromatic rings. The van der Waals surface area contributed by atoms with Crippen LogP contribution in [0.3, 0.4) is 0 Å². The second kappa shape index (κ2) is 6.23. The molecule has 0 unspecified atom stereocenters. The van der Waals surface area contributed by atoms with Crippen LogP contribution >= 0.6 is 0 Å². The van der Waals surface area contributed by atoms with E-state index < -0.39 is 0 Å². The number of nitrogens with zero attached hydrogens (tertiary/aromatic N) is 1. The second-order valence-corrected chi connectivity index (χ2v) is 3.29. The first kappa shape index (κ1) is 12.6. The highest BCUT2D eigenvalue weighted by atomic mass is 16.7. The molecule has 0 fully saturated rings. The van der Waals surface area contributed by atoms with Gasteiger partial charge in [0.05, 0.1) is 25.6 Å². The van der Waals surface area contributed by atoms with Gasteiger partial charge in [-0.25, -0.2) is 0 Å². The lowest BCUT2D eigenvalue weighted by Crippen LogP contribution is -2.20. The van der Waals surface area contributed by atoms with Gasteiger partial charge in [-0.1, -0.05) is 0 Å². The van der Waals surface area contributed by atoms with E-state index in [2.05, 4.69) is 12.2 Å². The highest BCUT2D eigenvalue weighted by molar-refractivity contribution is 5.64. The van der Waals surface area contributed by atoms with Crippen LogP contribution in [0, 0.1) is 0 Å². The summed E-state index contributed by atoms with van der Waals surface area (Å²) in [6.45, 7) is 5.76. The fraction of sp³-hybridized carbons (Fsp3) is 0.500. The Labute approximate surface area is 97.1 Å². The number of nitrogens with one attached hydrogen (secondary N) is 1. The molecule has 1 aromatic carbocycles. The molecule has 0 aliphatic heterocycles. The molecule has 0 aliphatic rings. The predicted molar refractivity (Wildman–Crippen MR) is 67.2 cm³/mol. The topological polar surface area (TPSA) is 33.7 Å². The van der Waals surface area contributed by atoms with Crippen molar-refractivity contribution in [2.75, 3.05) is 37.7 Å². The van der Waals surface area contributed by atoms with Crippen LogP contribution in [0.4, 0.5) is 11.4 Å². The van der Waals surface area contributed by atoms with Crippen LogP contribution in [0.5, 0.6) is 5.75 Å². The summed E-state index contributed by atoms with van der Waals surface area (Å²) in [5.41, 5.74) is 1.99. The SMILES string of the molecule is CCNc1ccc(N(CC)OC)cc1OC. The zero-order valence-electron chi connectivity index (χ0n) is 10.4. The van der Waals surface area contributed by atoms with Crippen LogP contribution in [0.1, 0.15) is 13.8 Å². The maximum atomic E-state index is 5.33. The Morgan fingerprint density at radius 2 is 2.00 bits per heavy atom. The van der Waals surface area contributed by atoms with Gasteiger partial charge in [-0.3, -0.25) is 9.90 Å². The number of rotatable bonds is 6. The number of methoxy groups -OCH3 is 1. The Morgan fingerprint density at radius 3 is 2.50 bits per heavy atom. The average Bonchev–Trinajstić information content (AvgIpc) is 2.32. The Morgan fingerprint density at radius 1 is 1.25 bits per heavy atom. The minimum Gasteiger partial charge on any atom is -0.495 e. The molecule has 16 heavy (non-hydrogen) atoms. The number of anilines is 2. The second-order valence-electron chi connectivity index (χ2n) is 3.29. The molecule has 0 heterocycles. The highest BCUT2D eigenvalue weighted by Crippen LogP contribution is 2.29. The van der Waals surface area contributed by atoms with E-state index in [1.54, 1.807) is 19.3 Å². The summed E-state index contributed by atoms with van der Waals surface area (Å²) >= 11 is 0.